The topological polar surface area (TPSA) is 77.2 Å². The van der Waals surface area contributed by atoms with Crippen molar-refractivity contribution < 1.29 is 22.8 Å². The number of benzene rings is 3. The minimum atomic E-state index is -0.557. The molecule has 0 saturated heterocycles. The molecule has 1 N–H and O–H groups in total. The van der Waals surface area contributed by atoms with Gasteiger partial charge in [-0.3, -0.25) is 4.79 Å². The van der Waals surface area contributed by atoms with Crippen LogP contribution in [-0.4, -0.2) is 22.7 Å². The van der Waals surface area contributed by atoms with Crippen molar-refractivity contribution in [3.05, 3.63) is 108 Å². The van der Waals surface area contributed by atoms with Gasteiger partial charge < -0.3 is 14.6 Å². The molecule has 8 heteroatoms. The molecule has 3 aromatic carbocycles. The van der Waals surface area contributed by atoms with Gasteiger partial charge in [-0.1, -0.05) is 59.8 Å². The molecule has 0 spiro atoms. The monoisotopic (exact) mass is 551 g/mol. The summed E-state index contributed by atoms with van der Waals surface area (Å²) in [6, 6.07) is 24.3. The number of carbonyl (C=O) groups excluding carboxylic acids is 1. The molecule has 206 valence electrons. The lowest BCUT2D eigenvalue weighted by Gasteiger charge is -2.14. The standard InChI is InChI=1S/C33H27F2N3O3/c1-3-40-32(39)33(17-18-33)24-13-11-22(12-14-24)21-7-9-23(10-8-21)31-30(20(2)38-41-31)37-29-6-4-5-28(36-29)26-19-25(34)15-16-27(26)35/h4-16,19H,3,17-18H2,1-2H3,(H,36,37). The number of hydrogen-bond acceptors (Lipinski definition) is 6. The lowest BCUT2D eigenvalue weighted by atomic mass is 9.93. The summed E-state index contributed by atoms with van der Waals surface area (Å²) in [5, 5.41) is 7.36. The van der Waals surface area contributed by atoms with Crippen LogP contribution in [0, 0.1) is 18.6 Å². The Balaban J connectivity index is 1.22. The average Bonchev–Trinajstić information content (AvgIpc) is 3.73. The Bertz CT molecular complexity index is 1730. The first-order valence-electron chi connectivity index (χ1n) is 13.4. The summed E-state index contributed by atoms with van der Waals surface area (Å²) in [4.78, 5) is 16.9. The van der Waals surface area contributed by atoms with Gasteiger partial charge in [0.1, 0.15) is 28.8 Å². The van der Waals surface area contributed by atoms with Crippen LogP contribution >= 0.6 is 0 Å². The molecule has 41 heavy (non-hydrogen) atoms. The molecular weight excluding hydrogens is 524 g/mol. The number of aromatic nitrogens is 2. The lowest BCUT2D eigenvalue weighted by Crippen LogP contribution is -2.23. The number of aryl methyl sites for hydroxylation is 1. The number of esters is 1. The molecule has 0 bridgehead atoms. The maximum Gasteiger partial charge on any atom is 0.316 e. The highest BCUT2D eigenvalue weighted by Gasteiger charge is 2.52. The summed E-state index contributed by atoms with van der Waals surface area (Å²) in [5.41, 5.74) is 4.96. The van der Waals surface area contributed by atoms with Gasteiger partial charge in [-0.15, -0.1) is 0 Å². The van der Waals surface area contributed by atoms with Crippen LogP contribution in [0.4, 0.5) is 20.3 Å². The van der Waals surface area contributed by atoms with Crippen molar-refractivity contribution in [3.8, 4) is 33.7 Å². The van der Waals surface area contributed by atoms with Gasteiger partial charge in [-0.2, -0.15) is 0 Å². The zero-order valence-corrected chi connectivity index (χ0v) is 22.6. The van der Waals surface area contributed by atoms with Gasteiger partial charge in [-0.05, 0) is 73.7 Å². The van der Waals surface area contributed by atoms with Gasteiger partial charge in [0.2, 0.25) is 0 Å². The number of pyridine rings is 1. The fourth-order valence-corrected chi connectivity index (χ4v) is 4.99. The number of nitrogens with one attached hydrogen (secondary N) is 1. The third-order valence-electron chi connectivity index (χ3n) is 7.40. The van der Waals surface area contributed by atoms with E-state index in [0.29, 0.717) is 35.3 Å². The van der Waals surface area contributed by atoms with Crippen LogP contribution in [0.25, 0.3) is 33.7 Å². The third-order valence-corrected chi connectivity index (χ3v) is 7.40. The molecule has 5 aromatic rings. The van der Waals surface area contributed by atoms with Crippen molar-refractivity contribution in [3.63, 3.8) is 0 Å². The summed E-state index contributed by atoms with van der Waals surface area (Å²) in [6.45, 7) is 4.01. The normalized spacial score (nSPS) is 13.6. The highest BCUT2D eigenvalue weighted by Crippen LogP contribution is 2.49. The van der Waals surface area contributed by atoms with E-state index < -0.39 is 17.0 Å². The summed E-state index contributed by atoms with van der Waals surface area (Å²) in [7, 11) is 0. The van der Waals surface area contributed by atoms with Gasteiger partial charge in [0.15, 0.2) is 5.76 Å². The van der Waals surface area contributed by atoms with E-state index in [4.69, 9.17) is 9.26 Å². The summed E-state index contributed by atoms with van der Waals surface area (Å²) < 4.78 is 39.0. The van der Waals surface area contributed by atoms with Gasteiger partial charge in [0, 0.05) is 11.1 Å². The summed E-state index contributed by atoms with van der Waals surface area (Å²) in [6.07, 6.45) is 1.63. The maximum atomic E-state index is 14.3. The van der Waals surface area contributed by atoms with Crippen molar-refractivity contribution in [1.29, 1.82) is 0 Å². The molecule has 0 radical (unpaired) electrons. The van der Waals surface area contributed by atoms with Gasteiger partial charge in [0.25, 0.3) is 0 Å². The van der Waals surface area contributed by atoms with Crippen LogP contribution in [0.2, 0.25) is 0 Å². The molecular formula is C33H27F2N3O3. The predicted octanol–water partition coefficient (Wildman–Crippen LogP) is 8.00. The van der Waals surface area contributed by atoms with Gasteiger partial charge in [-0.25, -0.2) is 13.8 Å². The Hall–Kier alpha value is -4.85. The number of ether oxygens (including phenoxy) is 1. The molecule has 2 heterocycles. The van der Waals surface area contributed by atoms with Crippen molar-refractivity contribution in [2.75, 3.05) is 11.9 Å². The Morgan fingerprint density at radius 3 is 2.32 bits per heavy atom. The fourth-order valence-electron chi connectivity index (χ4n) is 4.99. The minimum Gasteiger partial charge on any atom is -0.465 e. The second kappa shape index (κ2) is 10.6. The first-order chi connectivity index (χ1) is 19.9. The van der Waals surface area contributed by atoms with Crippen LogP contribution in [0.1, 0.15) is 31.0 Å². The van der Waals surface area contributed by atoms with E-state index in [2.05, 4.69) is 15.5 Å². The second-order valence-corrected chi connectivity index (χ2v) is 10.1. The van der Waals surface area contributed by atoms with Crippen LogP contribution in [-0.2, 0) is 14.9 Å². The molecule has 1 aliphatic rings. The number of nitrogens with zero attached hydrogens (tertiary/aromatic N) is 2. The maximum absolute atomic E-state index is 14.3. The molecule has 0 aliphatic heterocycles. The van der Waals surface area contributed by atoms with E-state index in [0.717, 1.165) is 53.3 Å². The van der Waals surface area contributed by atoms with E-state index in [9.17, 15) is 13.6 Å². The van der Waals surface area contributed by atoms with E-state index >= 15 is 0 Å². The van der Waals surface area contributed by atoms with E-state index in [1.807, 2.05) is 62.4 Å². The SMILES string of the molecule is CCOC(=O)C1(c2ccc(-c3ccc(-c4onc(C)c4Nc4cccc(-c5cc(F)ccc5F)n4)cc3)cc2)CC1. The quantitative estimate of drug-likeness (QED) is 0.197. The average molecular weight is 552 g/mol. The van der Waals surface area contributed by atoms with Crippen molar-refractivity contribution >= 4 is 17.5 Å². The van der Waals surface area contributed by atoms with Crippen LogP contribution < -0.4 is 5.32 Å². The summed E-state index contributed by atoms with van der Waals surface area (Å²) >= 11 is 0. The van der Waals surface area contributed by atoms with Crippen molar-refractivity contribution in [2.45, 2.75) is 32.1 Å². The van der Waals surface area contributed by atoms with Crippen molar-refractivity contribution in [2.24, 2.45) is 0 Å². The number of rotatable bonds is 8. The Labute approximate surface area is 236 Å². The van der Waals surface area contributed by atoms with Crippen LogP contribution in [0.3, 0.4) is 0 Å². The number of carbonyl (C=O) groups is 1. The Kier molecular flexibility index (Phi) is 6.83. The Morgan fingerprint density at radius 2 is 1.63 bits per heavy atom. The second-order valence-electron chi connectivity index (χ2n) is 10.1. The highest BCUT2D eigenvalue weighted by molar-refractivity contribution is 5.87. The molecule has 6 nitrogen and oxygen atoms in total. The molecule has 0 atom stereocenters. The fraction of sp³-hybridized carbons (Fsp3) is 0.182. The first-order valence-corrected chi connectivity index (χ1v) is 13.4. The van der Waals surface area contributed by atoms with E-state index in [1.165, 1.54) is 0 Å². The van der Waals surface area contributed by atoms with E-state index in [1.54, 1.807) is 18.2 Å². The molecule has 1 aliphatic carbocycles. The lowest BCUT2D eigenvalue weighted by molar-refractivity contribution is -0.146. The largest absolute Gasteiger partial charge is 0.465 e. The minimum absolute atomic E-state index is 0.0766. The molecule has 1 saturated carbocycles. The molecule has 6 rings (SSSR count). The summed E-state index contributed by atoms with van der Waals surface area (Å²) in [5.74, 6) is -0.280. The van der Waals surface area contributed by atoms with Crippen LogP contribution in [0.15, 0.2) is 89.5 Å². The zero-order chi connectivity index (χ0) is 28.6. The van der Waals surface area contributed by atoms with Gasteiger partial charge in [0.05, 0.1) is 17.7 Å². The van der Waals surface area contributed by atoms with Gasteiger partial charge >= 0.3 is 5.97 Å². The smallest absolute Gasteiger partial charge is 0.316 e. The third kappa shape index (κ3) is 5.09. The zero-order valence-electron chi connectivity index (χ0n) is 22.6. The Morgan fingerprint density at radius 1 is 0.951 bits per heavy atom. The van der Waals surface area contributed by atoms with Crippen molar-refractivity contribution in [1.82, 2.24) is 10.1 Å². The first kappa shape index (κ1) is 26.4. The molecule has 2 aromatic heterocycles. The highest BCUT2D eigenvalue weighted by atomic mass is 19.1. The number of anilines is 2. The number of halogens is 2. The molecule has 0 unspecified atom stereocenters. The number of hydrogen-bond donors (Lipinski definition) is 1. The van der Waals surface area contributed by atoms with E-state index in [-0.39, 0.29) is 11.5 Å². The predicted molar refractivity (Wildman–Crippen MR) is 153 cm³/mol. The molecule has 1 fully saturated rings. The van der Waals surface area contributed by atoms with Crippen LogP contribution in [0.5, 0.6) is 0 Å². The molecule has 0 amide bonds.